The van der Waals surface area contributed by atoms with Gasteiger partial charge in [-0.2, -0.15) is 5.10 Å². The largest absolute Gasteiger partial charge is 0.366 e. The van der Waals surface area contributed by atoms with E-state index in [1.54, 1.807) is 17.0 Å². The van der Waals surface area contributed by atoms with Gasteiger partial charge in [0.1, 0.15) is 6.33 Å². The number of rotatable bonds is 4. The fraction of sp³-hybridized carbons (Fsp3) is 0.450. The van der Waals surface area contributed by atoms with Crippen molar-refractivity contribution >= 4 is 22.8 Å². The Morgan fingerprint density at radius 1 is 1.07 bits per heavy atom. The number of benzene rings is 1. The third-order valence-electron chi connectivity index (χ3n) is 5.88. The van der Waals surface area contributed by atoms with Crippen molar-refractivity contribution in [1.82, 2.24) is 24.5 Å². The molecule has 7 nitrogen and oxygen atoms in total. The minimum atomic E-state index is 0.643. The maximum atomic E-state index is 4.48. The smallest absolute Gasteiger partial charge is 0.198 e. The second kappa shape index (κ2) is 6.20. The predicted octanol–water partition coefficient (Wildman–Crippen LogP) is 2.85. The van der Waals surface area contributed by atoms with Gasteiger partial charge in [-0.15, -0.1) is 0 Å². The summed E-state index contributed by atoms with van der Waals surface area (Å²) in [4.78, 5) is 14.0. The first-order valence-electron chi connectivity index (χ1n) is 9.65. The second-order valence-corrected chi connectivity index (χ2v) is 7.90. The first-order valence-corrected chi connectivity index (χ1v) is 9.65. The van der Waals surface area contributed by atoms with Crippen molar-refractivity contribution in [2.45, 2.75) is 45.3 Å². The minimum Gasteiger partial charge on any atom is -0.366 e. The Labute approximate surface area is 159 Å². The lowest BCUT2D eigenvalue weighted by Crippen LogP contribution is -2.48. The lowest BCUT2D eigenvalue weighted by atomic mass is 10.2. The Kier molecular flexibility index (Phi) is 3.79. The molecule has 1 N–H and O–H groups in total. The number of nitrogens with zero attached hydrogens (tertiary/aromatic N) is 6. The van der Waals surface area contributed by atoms with E-state index < -0.39 is 0 Å². The number of anilines is 3. The number of hydrogen-bond donors (Lipinski definition) is 1. The van der Waals surface area contributed by atoms with Gasteiger partial charge in [-0.3, -0.25) is 4.90 Å². The molecule has 0 radical (unpaired) electrons. The van der Waals surface area contributed by atoms with Crippen molar-refractivity contribution in [2.75, 3.05) is 23.3 Å². The molecule has 2 aliphatic heterocycles. The normalized spacial score (nSPS) is 22.3. The highest BCUT2D eigenvalue weighted by atomic mass is 15.4. The number of aryl methyl sites for hydroxylation is 1. The third kappa shape index (κ3) is 2.73. The Balaban J connectivity index is 1.33. The molecular formula is C20H25N7. The number of aromatic nitrogens is 4. The summed E-state index contributed by atoms with van der Waals surface area (Å²) in [5.41, 5.74) is 4.02. The van der Waals surface area contributed by atoms with Crippen molar-refractivity contribution in [2.24, 2.45) is 0 Å². The first-order chi connectivity index (χ1) is 13.1. The van der Waals surface area contributed by atoms with Gasteiger partial charge >= 0.3 is 0 Å². The molecule has 0 spiro atoms. The summed E-state index contributed by atoms with van der Waals surface area (Å²) < 4.78 is 1.80. The molecule has 140 valence electrons. The van der Waals surface area contributed by atoms with E-state index in [9.17, 15) is 0 Å². The maximum Gasteiger partial charge on any atom is 0.198 e. The lowest BCUT2D eigenvalue weighted by Gasteiger charge is -2.37. The van der Waals surface area contributed by atoms with Gasteiger partial charge in [0.25, 0.3) is 0 Å². The molecule has 27 heavy (non-hydrogen) atoms. The highest BCUT2D eigenvalue weighted by Crippen LogP contribution is 2.36. The van der Waals surface area contributed by atoms with Crippen LogP contribution in [-0.4, -0.2) is 55.7 Å². The molecule has 2 atom stereocenters. The minimum absolute atomic E-state index is 0.643. The molecule has 4 heterocycles. The van der Waals surface area contributed by atoms with Crippen LogP contribution in [0.3, 0.4) is 0 Å². The maximum absolute atomic E-state index is 4.48. The molecule has 2 saturated heterocycles. The van der Waals surface area contributed by atoms with Crippen molar-refractivity contribution in [3.8, 4) is 0 Å². The highest BCUT2D eigenvalue weighted by Gasteiger charge is 2.43. The summed E-state index contributed by atoms with van der Waals surface area (Å²) in [5, 5.41) is 7.61. The summed E-state index contributed by atoms with van der Waals surface area (Å²) in [6, 6.07) is 10.6. The van der Waals surface area contributed by atoms with E-state index in [1.807, 2.05) is 6.92 Å². The van der Waals surface area contributed by atoms with Crippen LogP contribution in [0.15, 0.2) is 36.8 Å². The van der Waals surface area contributed by atoms with Crippen LogP contribution in [0.25, 0.3) is 5.65 Å². The van der Waals surface area contributed by atoms with Gasteiger partial charge in [0.05, 0.1) is 11.9 Å². The number of fused-ring (bicyclic) bond motifs is 3. The SMILES string of the molecule is Cc1cnc(Nc2ccc(N3C[C@@H]4C[C@H]3CN4C(C)C)cc2)c2ncnn12. The Bertz CT molecular complexity index is 962. The van der Waals surface area contributed by atoms with E-state index in [-0.39, 0.29) is 0 Å². The summed E-state index contributed by atoms with van der Waals surface area (Å²) in [6.45, 7) is 8.89. The van der Waals surface area contributed by atoms with E-state index in [1.165, 1.54) is 18.7 Å². The molecule has 2 bridgehead atoms. The summed E-state index contributed by atoms with van der Waals surface area (Å²) in [7, 11) is 0. The zero-order valence-corrected chi connectivity index (χ0v) is 16.0. The molecule has 2 fully saturated rings. The standard InChI is InChI=1S/C20H25N7/c1-13(2)25-10-18-8-17(25)11-26(18)16-6-4-15(5-7-16)24-19-20-22-12-23-27(20)14(3)9-21-19/h4-7,9,12-13,17-18H,8,10-11H2,1-3H3,(H,21,24)/t17-,18-/m0/s1. The van der Waals surface area contributed by atoms with Crippen LogP contribution in [-0.2, 0) is 0 Å². The summed E-state index contributed by atoms with van der Waals surface area (Å²) >= 11 is 0. The molecule has 0 saturated carbocycles. The van der Waals surface area contributed by atoms with Crippen molar-refractivity contribution in [1.29, 1.82) is 0 Å². The molecule has 3 aromatic rings. The van der Waals surface area contributed by atoms with Crippen LogP contribution < -0.4 is 10.2 Å². The highest BCUT2D eigenvalue weighted by molar-refractivity contribution is 5.70. The molecule has 7 heteroatoms. The van der Waals surface area contributed by atoms with Gasteiger partial charge in [-0.05, 0) is 51.5 Å². The number of piperazine rings is 1. The Morgan fingerprint density at radius 3 is 2.59 bits per heavy atom. The Hall–Kier alpha value is -2.67. The van der Waals surface area contributed by atoms with E-state index in [0.29, 0.717) is 18.1 Å². The summed E-state index contributed by atoms with van der Waals surface area (Å²) in [5.74, 6) is 0.721. The lowest BCUT2D eigenvalue weighted by molar-refractivity contribution is 0.191. The van der Waals surface area contributed by atoms with Gasteiger partial charge in [0.2, 0.25) is 0 Å². The van der Waals surface area contributed by atoms with Crippen molar-refractivity contribution in [3.63, 3.8) is 0 Å². The van der Waals surface area contributed by atoms with Crippen LogP contribution >= 0.6 is 0 Å². The van der Waals surface area contributed by atoms with Crippen molar-refractivity contribution in [3.05, 3.63) is 42.5 Å². The Morgan fingerprint density at radius 2 is 1.89 bits per heavy atom. The quantitative estimate of drug-likeness (QED) is 0.769. The van der Waals surface area contributed by atoms with Crippen LogP contribution in [0, 0.1) is 6.92 Å². The molecule has 1 aromatic carbocycles. The van der Waals surface area contributed by atoms with Gasteiger partial charge in [-0.1, -0.05) is 0 Å². The fourth-order valence-electron chi connectivity index (χ4n) is 4.54. The summed E-state index contributed by atoms with van der Waals surface area (Å²) in [6.07, 6.45) is 4.65. The van der Waals surface area contributed by atoms with Gasteiger partial charge in [0.15, 0.2) is 11.5 Å². The molecule has 0 amide bonds. The van der Waals surface area contributed by atoms with Gasteiger partial charge in [0, 0.05) is 42.6 Å². The number of nitrogens with one attached hydrogen (secondary N) is 1. The monoisotopic (exact) mass is 363 g/mol. The van der Waals surface area contributed by atoms with Crippen molar-refractivity contribution < 1.29 is 0 Å². The first kappa shape index (κ1) is 16.5. The second-order valence-electron chi connectivity index (χ2n) is 7.90. The average Bonchev–Trinajstić information content (AvgIpc) is 3.40. The van der Waals surface area contributed by atoms with Crippen LogP contribution in [0.4, 0.5) is 17.2 Å². The molecular weight excluding hydrogens is 338 g/mol. The molecule has 0 unspecified atom stereocenters. The zero-order chi connectivity index (χ0) is 18.5. The van der Waals surface area contributed by atoms with Crippen LogP contribution in [0.5, 0.6) is 0 Å². The predicted molar refractivity (Wildman–Crippen MR) is 107 cm³/mol. The number of hydrogen-bond acceptors (Lipinski definition) is 6. The van der Waals surface area contributed by atoms with E-state index in [0.717, 1.165) is 29.4 Å². The van der Waals surface area contributed by atoms with Crippen LogP contribution in [0.2, 0.25) is 0 Å². The average molecular weight is 363 g/mol. The fourth-order valence-corrected chi connectivity index (χ4v) is 4.54. The van der Waals surface area contributed by atoms with Gasteiger partial charge in [-0.25, -0.2) is 14.5 Å². The van der Waals surface area contributed by atoms with E-state index in [4.69, 9.17) is 0 Å². The van der Waals surface area contributed by atoms with Gasteiger partial charge < -0.3 is 10.2 Å². The topological polar surface area (TPSA) is 61.6 Å². The van der Waals surface area contributed by atoms with E-state index >= 15 is 0 Å². The molecule has 2 aliphatic rings. The molecule has 5 rings (SSSR count). The molecule has 2 aromatic heterocycles. The molecule has 0 aliphatic carbocycles. The van der Waals surface area contributed by atoms with E-state index in [2.05, 4.69) is 68.3 Å². The third-order valence-corrected chi connectivity index (χ3v) is 5.88. The van der Waals surface area contributed by atoms with Crippen LogP contribution in [0.1, 0.15) is 26.0 Å². The number of likely N-dealkylation sites (tertiary alicyclic amines) is 1. The zero-order valence-electron chi connectivity index (χ0n) is 16.0.